The summed E-state index contributed by atoms with van der Waals surface area (Å²) < 4.78 is 55.6. The van der Waals surface area contributed by atoms with Crippen molar-refractivity contribution in [1.82, 2.24) is 14.8 Å². The normalized spacial score (nSPS) is 18.8. The summed E-state index contributed by atoms with van der Waals surface area (Å²) in [6, 6.07) is 4.26. The van der Waals surface area contributed by atoms with Crippen molar-refractivity contribution in [3.63, 3.8) is 0 Å². The van der Waals surface area contributed by atoms with Gasteiger partial charge in [-0.25, -0.2) is 9.37 Å². The minimum atomic E-state index is -4.60. The van der Waals surface area contributed by atoms with Crippen LogP contribution in [0, 0.1) is 23.6 Å². The maximum absolute atomic E-state index is 16.1. The topological polar surface area (TPSA) is 89.0 Å². The first-order chi connectivity index (χ1) is 24.9. The Morgan fingerprint density at radius 3 is 2.32 bits per heavy atom. The molecule has 0 aliphatic carbocycles. The summed E-state index contributed by atoms with van der Waals surface area (Å²) in [6.45, 7) is 22.0. The van der Waals surface area contributed by atoms with E-state index < -0.39 is 23.5 Å². The van der Waals surface area contributed by atoms with Gasteiger partial charge in [0.05, 0.1) is 5.56 Å². The minimum Gasteiger partial charge on any atom is -0.511 e. The van der Waals surface area contributed by atoms with Crippen LogP contribution in [0.1, 0.15) is 109 Å². The van der Waals surface area contributed by atoms with Crippen LogP contribution in [0.25, 0.3) is 5.57 Å². The number of anilines is 2. The number of carbonyl (C=O) groups is 2. The van der Waals surface area contributed by atoms with E-state index in [2.05, 4.69) is 37.7 Å². The summed E-state index contributed by atoms with van der Waals surface area (Å²) in [7, 11) is 1.85. The van der Waals surface area contributed by atoms with Gasteiger partial charge in [-0.1, -0.05) is 46.8 Å². The number of hydrogen-bond donors (Lipinski definition) is 2. The average molecular weight is 744 g/mol. The molecule has 2 amide bonds. The molecule has 12 heteroatoms. The van der Waals surface area contributed by atoms with Gasteiger partial charge < -0.3 is 25.1 Å². The van der Waals surface area contributed by atoms with Crippen LogP contribution < -0.4 is 10.2 Å². The molecule has 2 aliphatic heterocycles. The Balaban J connectivity index is 0.000000489. The number of aliphatic hydroxyl groups excluding tert-OH is 1. The second-order valence-corrected chi connectivity index (χ2v) is 14.2. The number of allylic oxidation sites excluding steroid dienone is 2. The summed E-state index contributed by atoms with van der Waals surface area (Å²) >= 11 is 0. The Morgan fingerprint density at radius 2 is 1.77 bits per heavy atom. The van der Waals surface area contributed by atoms with E-state index in [4.69, 9.17) is 0 Å². The minimum absolute atomic E-state index is 0.000319. The molecule has 8 nitrogen and oxygen atoms in total. The molecule has 1 fully saturated rings. The highest BCUT2D eigenvalue weighted by atomic mass is 19.4. The van der Waals surface area contributed by atoms with Crippen LogP contribution in [0.2, 0.25) is 0 Å². The number of piperidine rings is 1. The van der Waals surface area contributed by atoms with E-state index in [9.17, 15) is 27.9 Å². The van der Waals surface area contributed by atoms with Gasteiger partial charge >= 0.3 is 6.18 Å². The highest BCUT2D eigenvalue weighted by Crippen LogP contribution is 2.47. The van der Waals surface area contributed by atoms with E-state index in [1.807, 2.05) is 49.4 Å². The van der Waals surface area contributed by atoms with Crippen molar-refractivity contribution in [1.29, 1.82) is 0 Å². The van der Waals surface area contributed by atoms with Crippen LogP contribution in [0.15, 0.2) is 60.1 Å². The third-order valence-corrected chi connectivity index (χ3v) is 10.3. The van der Waals surface area contributed by atoms with Crippen LogP contribution in [0.4, 0.5) is 29.1 Å². The standard InChI is InChI=1S/C30H38F4N4O2.C11H19NO/c1-8-17(4)25-26(18(5)9-2)29(37(7)16-19(6)39)38(10-3)23-14-20(13-22(31)27(23)25)28(40)36-24-15-21(11-12-35-24)30(32,33)34;1-4-11(13)12-7-5-6-10(8-12)9(2)3/h11-18,29,39H,8-10H2,1-7H3,(H,35,36,40);10H,2,4-8H2,1,3H3/b19-16+;/t17?,18-,29?;10-/m11/s1. The fraction of sp³-hybridized carbons (Fsp3) is 0.537. The largest absolute Gasteiger partial charge is 0.511 e. The van der Waals surface area contributed by atoms with E-state index in [1.54, 1.807) is 19.2 Å². The molecular formula is C41H57F4N5O3. The molecule has 3 heterocycles. The van der Waals surface area contributed by atoms with Gasteiger partial charge in [-0.05, 0) is 99.6 Å². The summed E-state index contributed by atoms with van der Waals surface area (Å²) in [5.41, 5.74) is 3.08. The number of pyridine rings is 1. The Hall–Kier alpha value is -4.35. The SMILES string of the molecule is C=C(C)[C@@H]1CCCN(C(=O)CC)C1.CCC(C)C1=C([C@H](C)CC)C(N(C)/C=C(\C)O)N(CC)c2cc(C(=O)Nc3cc(C(F)(F)F)ccn3)cc(F)c21. The molecule has 2 aromatic rings. The van der Waals surface area contributed by atoms with E-state index in [0.717, 1.165) is 67.9 Å². The number of hydrogen-bond acceptors (Lipinski definition) is 6. The second-order valence-electron chi connectivity index (χ2n) is 14.2. The third kappa shape index (κ3) is 10.4. The molecule has 4 rings (SSSR count). The van der Waals surface area contributed by atoms with Crippen LogP contribution in [-0.4, -0.2) is 64.6 Å². The smallest absolute Gasteiger partial charge is 0.416 e. The first-order valence-electron chi connectivity index (χ1n) is 18.6. The number of alkyl halides is 3. The molecule has 0 bridgehead atoms. The Labute approximate surface area is 312 Å². The number of rotatable bonds is 11. The molecule has 1 saturated heterocycles. The molecule has 2 N–H and O–H groups in total. The van der Waals surface area contributed by atoms with Gasteiger partial charge in [0.15, 0.2) is 0 Å². The van der Waals surface area contributed by atoms with Gasteiger partial charge in [0.1, 0.15) is 23.6 Å². The zero-order chi connectivity index (χ0) is 39.8. The van der Waals surface area contributed by atoms with Crippen LogP contribution >= 0.6 is 0 Å². The number of fused-ring (bicyclic) bond motifs is 1. The van der Waals surface area contributed by atoms with Crippen molar-refractivity contribution in [2.24, 2.45) is 17.8 Å². The molecule has 0 spiro atoms. The van der Waals surface area contributed by atoms with E-state index in [1.165, 1.54) is 12.0 Å². The fourth-order valence-electron chi connectivity index (χ4n) is 7.12. The number of benzene rings is 1. The molecule has 4 atom stereocenters. The lowest BCUT2D eigenvalue weighted by molar-refractivity contribution is -0.137. The molecule has 2 unspecified atom stereocenters. The van der Waals surface area contributed by atoms with Crippen molar-refractivity contribution in [3.05, 3.63) is 82.7 Å². The predicted molar refractivity (Wildman–Crippen MR) is 205 cm³/mol. The highest BCUT2D eigenvalue weighted by Gasteiger charge is 2.39. The molecule has 2 aliphatic rings. The zero-order valence-corrected chi connectivity index (χ0v) is 32.7. The summed E-state index contributed by atoms with van der Waals surface area (Å²) in [5.74, 6) is -0.612. The Morgan fingerprint density at radius 1 is 1.11 bits per heavy atom. The maximum Gasteiger partial charge on any atom is 0.416 e. The number of aliphatic hydroxyl groups is 1. The first-order valence-corrected chi connectivity index (χ1v) is 18.6. The van der Waals surface area contributed by atoms with Crippen molar-refractivity contribution in [2.75, 3.05) is 36.9 Å². The van der Waals surface area contributed by atoms with Crippen LogP contribution in [0.3, 0.4) is 0 Å². The van der Waals surface area contributed by atoms with Gasteiger partial charge in [-0.2, -0.15) is 13.2 Å². The third-order valence-electron chi connectivity index (χ3n) is 10.3. The number of amides is 2. The fourth-order valence-corrected chi connectivity index (χ4v) is 7.12. The van der Waals surface area contributed by atoms with Gasteiger partial charge in [-0.15, -0.1) is 0 Å². The Kier molecular flexibility index (Phi) is 15.1. The number of nitrogens with one attached hydrogen (secondary N) is 1. The van der Waals surface area contributed by atoms with Gasteiger partial charge in [0, 0.05) is 62.3 Å². The maximum atomic E-state index is 16.1. The van der Waals surface area contributed by atoms with Gasteiger partial charge in [0.2, 0.25) is 5.91 Å². The molecule has 0 radical (unpaired) electrons. The monoisotopic (exact) mass is 743 g/mol. The molecule has 1 aromatic carbocycles. The molecule has 292 valence electrons. The number of halogens is 4. The van der Waals surface area contributed by atoms with E-state index in [0.29, 0.717) is 30.1 Å². The van der Waals surface area contributed by atoms with Crippen molar-refractivity contribution in [2.45, 2.75) is 99.8 Å². The molecule has 0 saturated carbocycles. The second kappa shape index (κ2) is 18.6. The molecule has 1 aromatic heterocycles. The van der Waals surface area contributed by atoms with Crippen molar-refractivity contribution in [3.8, 4) is 0 Å². The first kappa shape index (κ1) is 43.1. The summed E-state index contributed by atoms with van der Waals surface area (Å²) in [6.07, 6.45) is 2.16. The quantitative estimate of drug-likeness (QED) is 0.135. The van der Waals surface area contributed by atoms with E-state index >= 15 is 4.39 Å². The lowest BCUT2D eigenvalue weighted by Gasteiger charge is -2.47. The van der Waals surface area contributed by atoms with E-state index in [-0.39, 0.29) is 41.0 Å². The average Bonchev–Trinajstić information content (AvgIpc) is 3.12. The van der Waals surface area contributed by atoms with Crippen molar-refractivity contribution < 1.29 is 32.3 Å². The number of nitrogens with zero attached hydrogens (tertiary/aromatic N) is 4. The van der Waals surface area contributed by atoms with Gasteiger partial charge in [0.25, 0.3) is 5.91 Å². The Bertz CT molecular complexity index is 1680. The van der Waals surface area contributed by atoms with Gasteiger partial charge in [-0.3, -0.25) is 9.59 Å². The molecule has 53 heavy (non-hydrogen) atoms. The predicted octanol–water partition coefficient (Wildman–Crippen LogP) is 10.1. The zero-order valence-electron chi connectivity index (χ0n) is 32.7. The number of carbonyl (C=O) groups excluding carboxylic acids is 2. The van der Waals surface area contributed by atoms with Crippen LogP contribution in [-0.2, 0) is 11.0 Å². The lowest BCUT2D eigenvalue weighted by Crippen LogP contribution is -2.50. The summed E-state index contributed by atoms with van der Waals surface area (Å²) in [5, 5.41) is 12.5. The molecular weight excluding hydrogens is 686 g/mol. The van der Waals surface area contributed by atoms with Crippen molar-refractivity contribution >= 4 is 28.9 Å². The summed E-state index contributed by atoms with van der Waals surface area (Å²) in [4.78, 5) is 34.3. The van der Waals surface area contributed by atoms with Crippen LogP contribution in [0.5, 0.6) is 0 Å². The lowest BCUT2D eigenvalue weighted by atomic mass is 9.77. The number of likely N-dealkylation sites (tertiary alicyclic amines) is 1. The highest BCUT2D eigenvalue weighted by molar-refractivity contribution is 6.05. The number of likely N-dealkylation sites (N-methyl/N-ethyl adjacent to an activating group) is 2. The number of aromatic nitrogens is 1.